The summed E-state index contributed by atoms with van der Waals surface area (Å²) in [4.78, 5) is 5.15. The number of imidazole rings is 1. The molecule has 0 unspecified atom stereocenters. The molecular formula is C14H17N3O2S. The van der Waals surface area contributed by atoms with Gasteiger partial charge in [0.05, 0.1) is 22.6 Å². The number of ether oxygens (including phenoxy) is 2. The number of fused-ring (bicyclic) bond motifs is 2. The number of thiocarbonyl (C=S) groups is 1. The molecule has 1 aliphatic heterocycles. The van der Waals surface area contributed by atoms with Gasteiger partial charge in [-0.05, 0) is 6.42 Å². The summed E-state index contributed by atoms with van der Waals surface area (Å²) in [5, 5.41) is 0. The summed E-state index contributed by atoms with van der Waals surface area (Å²) in [6, 6.07) is 3.88. The summed E-state index contributed by atoms with van der Waals surface area (Å²) in [6.45, 7) is 2.93. The average Bonchev–Trinajstić information content (AvgIpc) is 2.98. The molecule has 1 aromatic carbocycles. The van der Waals surface area contributed by atoms with E-state index in [0.717, 1.165) is 47.6 Å². The third-order valence-corrected chi connectivity index (χ3v) is 3.52. The summed E-state index contributed by atoms with van der Waals surface area (Å²) in [6.07, 6.45) is 3.13. The topological polar surface area (TPSA) is 62.3 Å². The highest BCUT2D eigenvalue weighted by molar-refractivity contribution is 7.80. The molecule has 6 heteroatoms. The van der Waals surface area contributed by atoms with Crippen LogP contribution in [-0.2, 0) is 13.0 Å². The number of rotatable bonds is 5. The molecule has 106 valence electrons. The Hall–Kier alpha value is -1.82. The van der Waals surface area contributed by atoms with Crippen molar-refractivity contribution < 1.29 is 9.47 Å². The maximum atomic E-state index is 5.71. The molecule has 1 aromatic heterocycles. The monoisotopic (exact) mass is 291 g/mol. The van der Waals surface area contributed by atoms with E-state index < -0.39 is 0 Å². The van der Waals surface area contributed by atoms with Gasteiger partial charge in [0.15, 0.2) is 11.5 Å². The molecule has 1 aliphatic rings. The van der Waals surface area contributed by atoms with Crippen LogP contribution in [0.2, 0.25) is 0 Å². The number of nitrogens with two attached hydrogens (primary N) is 1. The molecule has 2 heterocycles. The van der Waals surface area contributed by atoms with Crippen molar-refractivity contribution in [1.29, 1.82) is 0 Å². The Bertz CT molecular complexity index is 666. The van der Waals surface area contributed by atoms with Crippen LogP contribution in [0.1, 0.15) is 25.6 Å². The maximum absolute atomic E-state index is 5.71. The van der Waals surface area contributed by atoms with Gasteiger partial charge in [0.1, 0.15) is 5.82 Å². The summed E-state index contributed by atoms with van der Waals surface area (Å²) < 4.78 is 12.9. The molecule has 0 saturated carbocycles. The highest BCUT2D eigenvalue weighted by atomic mass is 32.1. The van der Waals surface area contributed by atoms with Gasteiger partial charge in [0.2, 0.25) is 6.79 Å². The molecule has 0 radical (unpaired) electrons. The number of nitrogens with zero attached hydrogens (tertiary/aromatic N) is 2. The van der Waals surface area contributed by atoms with Crippen LogP contribution < -0.4 is 15.2 Å². The Balaban J connectivity index is 2.10. The zero-order valence-electron chi connectivity index (χ0n) is 11.4. The van der Waals surface area contributed by atoms with Gasteiger partial charge in [0.25, 0.3) is 0 Å². The second-order valence-electron chi connectivity index (χ2n) is 4.88. The number of aromatic nitrogens is 2. The largest absolute Gasteiger partial charge is 0.454 e. The lowest BCUT2D eigenvalue weighted by molar-refractivity contribution is 0.174. The first kappa shape index (κ1) is 13.2. The van der Waals surface area contributed by atoms with Crippen LogP contribution in [0.15, 0.2) is 12.1 Å². The lowest BCUT2D eigenvalue weighted by Gasteiger charge is -2.08. The number of hydrogen-bond donors (Lipinski definition) is 1. The third-order valence-electron chi connectivity index (χ3n) is 3.39. The minimum Gasteiger partial charge on any atom is -0.454 e. The molecule has 0 saturated heterocycles. The maximum Gasteiger partial charge on any atom is 0.231 e. The minimum absolute atomic E-state index is 0.264. The number of unbranched alkanes of at least 4 members (excludes halogenated alkanes) is 1. The predicted molar refractivity (Wildman–Crippen MR) is 81.3 cm³/mol. The molecule has 3 rings (SSSR count). The smallest absolute Gasteiger partial charge is 0.231 e. The number of aryl methyl sites for hydroxylation is 1. The lowest BCUT2D eigenvalue weighted by Crippen LogP contribution is -2.18. The van der Waals surface area contributed by atoms with Crippen LogP contribution >= 0.6 is 12.2 Å². The third kappa shape index (κ3) is 2.31. The Morgan fingerprint density at radius 2 is 2.15 bits per heavy atom. The van der Waals surface area contributed by atoms with Crippen LogP contribution in [0.25, 0.3) is 11.0 Å². The van der Waals surface area contributed by atoms with Crippen LogP contribution in [0.4, 0.5) is 0 Å². The average molecular weight is 291 g/mol. The molecule has 0 bridgehead atoms. The standard InChI is InChI=1S/C14H17N3O2S/c1-2-3-4-14-16-9-5-11-12(19-8-18-11)6-10(9)17(14)7-13(15)20/h5-6H,2-4,7-8H2,1H3,(H2,15,20). The van der Waals surface area contributed by atoms with E-state index in [9.17, 15) is 0 Å². The fraction of sp³-hybridized carbons (Fsp3) is 0.429. The first-order valence-corrected chi connectivity index (χ1v) is 7.17. The van der Waals surface area contributed by atoms with Gasteiger partial charge in [-0.2, -0.15) is 0 Å². The fourth-order valence-corrected chi connectivity index (χ4v) is 2.55. The van der Waals surface area contributed by atoms with E-state index in [1.54, 1.807) is 0 Å². The van der Waals surface area contributed by atoms with Gasteiger partial charge < -0.3 is 19.8 Å². The number of benzene rings is 1. The zero-order chi connectivity index (χ0) is 14.1. The van der Waals surface area contributed by atoms with E-state index in [0.29, 0.717) is 11.5 Å². The quantitative estimate of drug-likeness (QED) is 0.857. The van der Waals surface area contributed by atoms with Gasteiger partial charge in [-0.25, -0.2) is 4.98 Å². The van der Waals surface area contributed by atoms with E-state index >= 15 is 0 Å². The number of hydrogen-bond acceptors (Lipinski definition) is 4. The van der Waals surface area contributed by atoms with E-state index in [2.05, 4.69) is 11.5 Å². The van der Waals surface area contributed by atoms with Gasteiger partial charge in [-0.3, -0.25) is 0 Å². The van der Waals surface area contributed by atoms with Crippen LogP contribution in [0.3, 0.4) is 0 Å². The molecule has 20 heavy (non-hydrogen) atoms. The summed E-state index contributed by atoms with van der Waals surface area (Å²) >= 11 is 5.05. The molecule has 0 atom stereocenters. The van der Waals surface area contributed by atoms with Gasteiger partial charge in [-0.1, -0.05) is 25.6 Å². The Labute approximate surface area is 122 Å². The van der Waals surface area contributed by atoms with Crippen molar-refractivity contribution >= 4 is 28.2 Å². The van der Waals surface area contributed by atoms with E-state index in [1.807, 2.05) is 12.1 Å². The predicted octanol–water partition coefficient (Wildman–Crippen LogP) is 2.39. The summed E-state index contributed by atoms with van der Waals surface area (Å²) in [7, 11) is 0. The highest BCUT2D eigenvalue weighted by Gasteiger charge is 2.19. The Morgan fingerprint density at radius 1 is 1.40 bits per heavy atom. The fourth-order valence-electron chi connectivity index (χ4n) is 2.42. The summed E-state index contributed by atoms with van der Waals surface area (Å²) in [5.41, 5.74) is 7.61. The first-order valence-electron chi connectivity index (χ1n) is 6.76. The molecule has 5 nitrogen and oxygen atoms in total. The van der Waals surface area contributed by atoms with Crippen LogP contribution in [0, 0.1) is 0 Å². The van der Waals surface area contributed by atoms with Crippen molar-refractivity contribution in [3.63, 3.8) is 0 Å². The van der Waals surface area contributed by atoms with Crippen LogP contribution in [0.5, 0.6) is 11.5 Å². The Kier molecular flexibility index (Phi) is 3.48. The lowest BCUT2D eigenvalue weighted by atomic mass is 10.2. The van der Waals surface area contributed by atoms with E-state index in [4.69, 9.17) is 32.4 Å². The molecule has 0 spiro atoms. The van der Waals surface area contributed by atoms with Crippen molar-refractivity contribution in [2.24, 2.45) is 5.73 Å². The van der Waals surface area contributed by atoms with Crippen molar-refractivity contribution in [2.75, 3.05) is 6.79 Å². The molecule has 0 aliphatic carbocycles. The second-order valence-corrected chi connectivity index (χ2v) is 5.40. The van der Waals surface area contributed by atoms with Gasteiger partial charge in [0, 0.05) is 18.6 Å². The van der Waals surface area contributed by atoms with E-state index in [-0.39, 0.29) is 6.79 Å². The molecule has 2 aromatic rings. The normalized spacial score (nSPS) is 13.1. The van der Waals surface area contributed by atoms with Crippen molar-refractivity contribution in [3.05, 3.63) is 18.0 Å². The SMILES string of the molecule is CCCCc1nc2cc3c(cc2n1CC(N)=S)OCO3. The van der Waals surface area contributed by atoms with Crippen molar-refractivity contribution in [1.82, 2.24) is 9.55 Å². The molecular weight excluding hydrogens is 274 g/mol. The zero-order valence-corrected chi connectivity index (χ0v) is 12.2. The molecule has 0 amide bonds. The van der Waals surface area contributed by atoms with Crippen molar-refractivity contribution in [2.45, 2.75) is 32.7 Å². The van der Waals surface area contributed by atoms with Crippen LogP contribution in [-0.4, -0.2) is 21.3 Å². The van der Waals surface area contributed by atoms with Crippen molar-refractivity contribution in [3.8, 4) is 11.5 Å². The minimum atomic E-state index is 0.264. The van der Waals surface area contributed by atoms with Gasteiger partial charge in [-0.15, -0.1) is 0 Å². The van der Waals surface area contributed by atoms with Gasteiger partial charge >= 0.3 is 0 Å². The summed E-state index contributed by atoms with van der Waals surface area (Å²) in [5.74, 6) is 2.52. The Morgan fingerprint density at radius 3 is 2.85 bits per heavy atom. The first-order chi connectivity index (χ1) is 9.69. The molecule has 0 fully saturated rings. The van der Waals surface area contributed by atoms with E-state index in [1.165, 1.54) is 0 Å². The highest BCUT2D eigenvalue weighted by Crippen LogP contribution is 2.36. The second kappa shape index (κ2) is 5.28. The molecule has 2 N–H and O–H groups in total.